The molecule has 1 rings (SSSR count). The van der Waals surface area contributed by atoms with E-state index in [9.17, 15) is 4.79 Å². The first-order valence-corrected chi connectivity index (χ1v) is 7.12. The molecule has 20 heavy (non-hydrogen) atoms. The van der Waals surface area contributed by atoms with E-state index < -0.39 is 5.60 Å². The number of nitrogens with one attached hydrogen (secondary N) is 1. The van der Waals surface area contributed by atoms with Crippen LogP contribution in [0.4, 0.5) is 4.79 Å². The van der Waals surface area contributed by atoms with Crippen LogP contribution in [0.2, 0.25) is 0 Å². The zero-order valence-electron chi connectivity index (χ0n) is 12.9. The van der Waals surface area contributed by atoms with Crippen LogP contribution in [0.15, 0.2) is 23.0 Å². The Morgan fingerprint density at radius 2 is 2.15 bits per heavy atom. The lowest BCUT2D eigenvalue weighted by Crippen LogP contribution is -2.40. The Morgan fingerprint density at radius 1 is 1.40 bits per heavy atom. The van der Waals surface area contributed by atoms with Gasteiger partial charge in [-0.05, 0) is 33.3 Å². The second-order valence-electron chi connectivity index (χ2n) is 5.78. The minimum atomic E-state index is -0.451. The highest BCUT2D eigenvalue weighted by atomic mass is 16.6. The van der Waals surface area contributed by atoms with Gasteiger partial charge in [-0.25, -0.2) is 4.79 Å². The minimum Gasteiger partial charge on any atom is -0.472 e. The van der Waals surface area contributed by atoms with Crippen LogP contribution < -0.4 is 5.32 Å². The van der Waals surface area contributed by atoms with Crippen LogP contribution in [-0.2, 0) is 11.3 Å². The van der Waals surface area contributed by atoms with E-state index in [1.807, 2.05) is 26.8 Å². The van der Waals surface area contributed by atoms with Gasteiger partial charge in [-0.15, -0.1) is 0 Å². The summed E-state index contributed by atoms with van der Waals surface area (Å²) in [6.45, 7) is 10.5. The first-order chi connectivity index (χ1) is 9.42. The van der Waals surface area contributed by atoms with Crippen LogP contribution in [0.3, 0.4) is 0 Å². The number of furan rings is 1. The van der Waals surface area contributed by atoms with Gasteiger partial charge in [0.1, 0.15) is 5.60 Å². The fourth-order valence-corrected chi connectivity index (χ4v) is 1.73. The first kappa shape index (κ1) is 16.6. The molecule has 5 nitrogen and oxygen atoms in total. The molecular formula is C15H26N2O3. The van der Waals surface area contributed by atoms with Crippen molar-refractivity contribution in [1.82, 2.24) is 10.2 Å². The lowest BCUT2D eigenvalue weighted by molar-refractivity contribution is 0.0252. The topological polar surface area (TPSA) is 54.7 Å². The van der Waals surface area contributed by atoms with Crippen LogP contribution in [-0.4, -0.2) is 36.2 Å². The van der Waals surface area contributed by atoms with Crippen molar-refractivity contribution in [2.24, 2.45) is 0 Å². The predicted molar refractivity (Wildman–Crippen MR) is 78.5 cm³/mol. The quantitative estimate of drug-likeness (QED) is 0.781. The molecule has 0 aliphatic carbocycles. The van der Waals surface area contributed by atoms with E-state index in [4.69, 9.17) is 9.15 Å². The molecule has 0 saturated heterocycles. The minimum absolute atomic E-state index is 0.246. The second-order valence-corrected chi connectivity index (χ2v) is 5.78. The predicted octanol–water partition coefficient (Wildman–Crippen LogP) is 3.02. The largest absolute Gasteiger partial charge is 0.472 e. The third-order valence-corrected chi connectivity index (χ3v) is 2.61. The Labute approximate surface area is 121 Å². The van der Waals surface area contributed by atoms with Crippen molar-refractivity contribution < 1.29 is 13.9 Å². The number of rotatable bonds is 7. The molecule has 1 heterocycles. The van der Waals surface area contributed by atoms with E-state index in [2.05, 4.69) is 12.2 Å². The van der Waals surface area contributed by atoms with Crippen LogP contribution in [0.5, 0.6) is 0 Å². The summed E-state index contributed by atoms with van der Waals surface area (Å²) in [5.74, 6) is 0. The van der Waals surface area contributed by atoms with Crippen molar-refractivity contribution in [2.45, 2.75) is 46.3 Å². The van der Waals surface area contributed by atoms with Gasteiger partial charge in [0.05, 0.1) is 12.5 Å². The summed E-state index contributed by atoms with van der Waals surface area (Å²) in [6.07, 6.45) is 4.04. The Kier molecular flexibility index (Phi) is 6.58. The maximum atomic E-state index is 12.0. The molecule has 0 unspecified atom stereocenters. The second kappa shape index (κ2) is 7.94. The molecule has 114 valence electrons. The van der Waals surface area contributed by atoms with Gasteiger partial charge in [-0.3, -0.25) is 0 Å². The van der Waals surface area contributed by atoms with Gasteiger partial charge < -0.3 is 19.4 Å². The van der Waals surface area contributed by atoms with Crippen molar-refractivity contribution in [3.63, 3.8) is 0 Å². The SMILES string of the molecule is CCCN(CCNCc1ccoc1)C(=O)OC(C)(C)C. The molecule has 0 atom stereocenters. The highest BCUT2D eigenvalue weighted by molar-refractivity contribution is 5.68. The summed E-state index contributed by atoms with van der Waals surface area (Å²) in [5.41, 5.74) is 0.650. The van der Waals surface area contributed by atoms with Gasteiger partial charge in [0.2, 0.25) is 0 Å². The van der Waals surface area contributed by atoms with E-state index in [1.54, 1.807) is 17.4 Å². The van der Waals surface area contributed by atoms with E-state index in [0.717, 1.165) is 25.1 Å². The van der Waals surface area contributed by atoms with Crippen LogP contribution in [0.1, 0.15) is 39.7 Å². The molecule has 0 spiro atoms. The van der Waals surface area contributed by atoms with Crippen molar-refractivity contribution in [3.8, 4) is 0 Å². The van der Waals surface area contributed by atoms with Gasteiger partial charge in [0, 0.05) is 31.7 Å². The van der Waals surface area contributed by atoms with E-state index in [0.29, 0.717) is 13.1 Å². The van der Waals surface area contributed by atoms with Gasteiger partial charge in [-0.1, -0.05) is 6.92 Å². The number of hydrogen-bond donors (Lipinski definition) is 1. The summed E-state index contributed by atoms with van der Waals surface area (Å²) in [7, 11) is 0. The Bertz CT molecular complexity index is 382. The summed E-state index contributed by atoms with van der Waals surface area (Å²) in [4.78, 5) is 13.8. The molecule has 0 radical (unpaired) electrons. The third kappa shape index (κ3) is 6.61. The van der Waals surface area contributed by atoms with Crippen molar-refractivity contribution in [1.29, 1.82) is 0 Å². The van der Waals surface area contributed by atoms with Gasteiger partial charge in [0.25, 0.3) is 0 Å². The molecule has 0 aliphatic rings. The molecule has 5 heteroatoms. The molecule has 0 fully saturated rings. The summed E-state index contributed by atoms with van der Waals surface area (Å²) < 4.78 is 10.4. The number of carbonyl (C=O) groups excluding carboxylic acids is 1. The number of ether oxygens (including phenoxy) is 1. The molecule has 0 aliphatic heterocycles. The molecule has 0 aromatic carbocycles. The van der Waals surface area contributed by atoms with Crippen LogP contribution in [0, 0.1) is 0 Å². The number of carbonyl (C=O) groups is 1. The van der Waals surface area contributed by atoms with Crippen LogP contribution >= 0.6 is 0 Å². The molecule has 0 saturated carbocycles. The van der Waals surface area contributed by atoms with E-state index in [-0.39, 0.29) is 6.09 Å². The monoisotopic (exact) mass is 282 g/mol. The first-order valence-electron chi connectivity index (χ1n) is 7.12. The average Bonchev–Trinajstić information content (AvgIpc) is 2.83. The highest BCUT2D eigenvalue weighted by Gasteiger charge is 2.21. The van der Waals surface area contributed by atoms with Gasteiger partial charge >= 0.3 is 6.09 Å². The third-order valence-electron chi connectivity index (χ3n) is 2.61. The van der Waals surface area contributed by atoms with Crippen molar-refractivity contribution >= 4 is 6.09 Å². The van der Waals surface area contributed by atoms with Crippen LogP contribution in [0.25, 0.3) is 0 Å². The molecular weight excluding hydrogens is 256 g/mol. The summed E-state index contributed by atoms with van der Waals surface area (Å²) in [6, 6.07) is 1.92. The molecule has 1 aromatic heterocycles. The van der Waals surface area contributed by atoms with Crippen molar-refractivity contribution in [2.75, 3.05) is 19.6 Å². The molecule has 1 N–H and O–H groups in total. The number of amides is 1. The number of nitrogens with zero attached hydrogens (tertiary/aromatic N) is 1. The normalized spacial score (nSPS) is 11.4. The smallest absolute Gasteiger partial charge is 0.410 e. The summed E-state index contributed by atoms with van der Waals surface area (Å²) in [5, 5.41) is 3.28. The standard InChI is InChI=1S/C15H26N2O3/c1-5-8-17(14(18)20-15(2,3)4)9-7-16-11-13-6-10-19-12-13/h6,10,12,16H,5,7-9,11H2,1-4H3. The average molecular weight is 282 g/mol. The Morgan fingerprint density at radius 3 is 2.70 bits per heavy atom. The maximum Gasteiger partial charge on any atom is 0.410 e. The lowest BCUT2D eigenvalue weighted by atomic mass is 10.2. The van der Waals surface area contributed by atoms with Crippen molar-refractivity contribution in [3.05, 3.63) is 24.2 Å². The molecule has 0 bridgehead atoms. The van der Waals surface area contributed by atoms with Gasteiger partial charge in [0.15, 0.2) is 0 Å². The zero-order valence-corrected chi connectivity index (χ0v) is 12.9. The summed E-state index contributed by atoms with van der Waals surface area (Å²) >= 11 is 0. The maximum absolute atomic E-state index is 12.0. The molecule has 1 aromatic rings. The fraction of sp³-hybridized carbons (Fsp3) is 0.667. The lowest BCUT2D eigenvalue weighted by Gasteiger charge is -2.27. The molecule has 1 amide bonds. The Hall–Kier alpha value is -1.49. The highest BCUT2D eigenvalue weighted by Crippen LogP contribution is 2.10. The van der Waals surface area contributed by atoms with Gasteiger partial charge in [-0.2, -0.15) is 0 Å². The zero-order chi connectivity index (χ0) is 15.0. The van der Waals surface area contributed by atoms with E-state index in [1.165, 1.54) is 0 Å². The van der Waals surface area contributed by atoms with E-state index >= 15 is 0 Å². The fourth-order valence-electron chi connectivity index (χ4n) is 1.73. The number of hydrogen-bond acceptors (Lipinski definition) is 4. The Balaban J connectivity index is 2.32.